The molecule has 41 heavy (non-hydrogen) atoms. The van der Waals surface area contributed by atoms with E-state index in [2.05, 4.69) is 20.4 Å². The lowest BCUT2D eigenvalue weighted by Crippen LogP contribution is -2.42. The molecule has 2 saturated heterocycles. The third kappa shape index (κ3) is 6.30. The zero-order valence-corrected chi connectivity index (χ0v) is 23.6. The summed E-state index contributed by atoms with van der Waals surface area (Å²) in [4.78, 5) is 41.3. The second-order valence-corrected chi connectivity index (χ2v) is 11.1. The SMILES string of the molecule is CCc1cc(-c2n[nH]c(=O)n2-c2ccc(CN3CCC(C(=O)N4CCC(CNC(C)=O)C4)CC3)cc2)c(O)cc1O. The summed E-state index contributed by atoms with van der Waals surface area (Å²) in [5, 5.41) is 30.0. The molecule has 0 bridgehead atoms. The summed E-state index contributed by atoms with van der Waals surface area (Å²) in [7, 11) is 0. The number of piperidine rings is 1. The normalized spacial score (nSPS) is 18.1. The minimum Gasteiger partial charge on any atom is -0.508 e. The van der Waals surface area contributed by atoms with Crippen molar-refractivity contribution < 1.29 is 19.8 Å². The van der Waals surface area contributed by atoms with Crippen LogP contribution in [0.1, 0.15) is 44.2 Å². The number of hydrogen-bond acceptors (Lipinski definition) is 7. The second kappa shape index (κ2) is 12.2. The first-order chi connectivity index (χ1) is 19.7. The molecule has 0 spiro atoms. The quantitative estimate of drug-likeness (QED) is 0.330. The van der Waals surface area contributed by atoms with E-state index < -0.39 is 5.69 Å². The van der Waals surface area contributed by atoms with Crippen LogP contribution in [0.2, 0.25) is 0 Å². The largest absolute Gasteiger partial charge is 0.508 e. The van der Waals surface area contributed by atoms with Crippen LogP contribution in [-0.2, 0) is 22.6 Å². The number of nitrogens with one attached hydrogen (secondary N) is 2. The number of nitrogens with zero attached hydrogens (tertiary/aromatic N) is 4. The van der Waals surface area contributed by atoms with Crippen molar-refractivity contribution in [3.05, 3.63) is 58.0 Å². The van der Waals surface area contributed by atoms with E-state index in [0.29, 0.717) is 35.7 Å². The van der Waals surface area contributed by atoms with E-state index in [4.69, 9.17) is 0 Å². The van der Waals surface area contributed by atoms with Crippen molar-refractivity contribution in [1.29, 1.82) is 0 Å². The first kappa shape index (κ1) is 28.4. The Labute approximate surface area is 238 Å². The van der Waals surface area contributed by atoms with Crippen LogP contribution in [0.4, 0.5) is 0 Å². The zero-order chi connectivity index (χ0) is 29.1. The number of aromatic amines is 1. The molecule has 0 aliphatic carbocycles. The van der Waals surface area contributed by atoms with Crippen LogP contribution >= 0.6 is 0 Å². The van der Waals surface area contributed by atoms with E-state index in [9.17, 15) is 24.6 Å². The van der Waals surface area contributed by atoms with Gasteiger partial charge in [-0.1, -0.05) is 19.1 Å². The molecule has 2 aliphatic heterocycles. The number of aromatic hydroxyl groups is 2. The fourth-order valence-corrected chi connectivity index (χ4v) is 5.89. The van der Waals surface area contributed by atoms with Gasteiger partial charge in [0, 0.05) is 45.1 Å². The van der Waals surface area contributed by atoms with Crippen LogP contribution in [-0.4, -0.2) is 79.3 Å². The Balaban J connectivity index is 1.19. The van der Waals surface area contributed by atoms with Crippen molar-refractivity contribution in [2.45, 2.75) is 46.1 Å². The Bertz CT molecular complexity index is 1450. The third-order valence-electron chi connectivity index (χ3n) is 8.27. The van der Waals surface area contributed by atoms with Crippen molar-refractivity contribution >= 4 is 11.8 Å². The Morgan fingerprint density at radius 1 is 1.05 bits per heavy atom. The Hall–Kier alpha value is -4.12. The summed E-state index contributed by atoms with van der Waals surface area (Å²) in [6.45, 7) is 7.96. The van der Waals surface area contributed by atoms with Crippen molar-refractivity contribution in [3.63, 3.8) is 0 Å². The molecular weight excluding hydrogens is 524 g/mol. The monoisotopic (exact) mass is 562 g/mol. The van der Waals surface area contributed by atoms with Gasteiger partial charge in [-0.3, -0.25) is 14.5 Å². The number of aryl methyl sites for hydroxylation is 1. The molecule has 3 heterocycles. The van der Waals surface area contributed by atoms with Gasteiger partial charge in [0.05, 0.1) is 11.3 Å². The average molecular weight is 563 g/mol. The number of amides is 2. The first-order valence-electron chi connectivity index (χ1n) is 14.3. The highest BCUT2D eigenvalue weighted by atomic mass is 16.3. The number of aromatic nitrogens is 3. The minimum atomic E-state index is -0.426. The maximum Gasteiger partial charge on any atom is 0.348 e. The van der Waals surface area contributed by atoms with Gasteiger partial charge in [0.2, 0.25) is 11.8 Å². The number of hydrogen-bond donors (Lipinski definition) is 4. The lowest BCUT2D eigenvalue weighted by atomic mass is 9.95. The molecule has 2 aromatic carbocycles. The van der Waals surface area contributed by atoms with Crippen molar-refractivity contribution in [1.82, 2.24) is 29.9 Å². The number of H-pyrrole nitrogens is 1. The van der Waals surface area contributed by atoms with Gasteiger partial charge < -0.3 is 20.4 Å². The van der Waals surface area contributed by atoms with Gasteiger partial charge in [0.1, 0.15) is 11.5 Å². The molecule has 3 aromatic rings. The van der Waals surface area contributed by atoms with Crippen LogP contribution in [0.25, 0.3) is 17.1 Å². The van der Waals surface area contributed by atoms with Crippen molar-refractivity contribution in [2.75, 3.05) is 32.7 Å². The summed E-state index contributed by atoms with van der Waals surface area (Å²) in [5.41, 5.74) is 2.28. The topological polar surface area (TPSA) is 144 Å². The van der Waals surface area contributed by atoms with Crippen LogP contribution in [0, 0.1) is 11.8 Å². The van der Waals surface area contributed by atoms with Gasteiger partial charge in [0.15, 0.2) is 5.82 Å². The fraction of sp³-hybridized carbons (Fsp3) is 0.467. The number of benzene rings is 2. The number of phenols is 2. The van der Waals surface area contributed by atoms with Gasteiger partial charge in [-0.15, -0.1) is 0 Å². The zero-order valence-electron chi connectivity index (χ0n) is 23.6. The molecule has 1 unspecified atom stereocenters. The van der Waals surface area contributed by atoms with Crippen LogP contribution in [0.3, 0.4) is 0 Å². The average Bonchev–Trinajstić information content (AvgIpc) is 3.59. The molecule has 1 aromatic heterocycles. The Kier molecular flexibility index (Phi) is 8.44. The minimum absolute atomic E-state index is 0.000631. The summed E-state index contributed by atoms with van der Waals surface area (Å²) < 4.78 is 1.41. The fourth-order valence-electron chi connectivity index (χ4n) is 5.89. The lowest BCUT2D eigenvalue weighted by Gasteiger charge is -2.33. The number of carbonyl (C=O) groups excluding carboxylic acids is 2. The maximum atomic E-state index is 13.1. The predicted molar refractivity (Wildman–Crippen MR) is 154 cm³/mol. The Morgan fingerprint density at radius 2 is 1.78 bits per heavy atom. The molecule has 4 N–H and O–H groups in total. The number of likely N-dealkylation sites (tertiary alicyclic amines) is 2. The van der Waals surface area contributed by atoms with E-state index in [0.717, 1.165) is 57.5 Å². The summed E-state index contributed by atoms with van der Waals surface area (Å²) in [5.74, 6) is 0.696. The highest BCUT2D eigenvalue weighted by Crippen LogP contribution is 2.34. The molecular formula is C30H38N6O5. The molecule has 1 atom stereocenters. The predicted octanol–water partition coefficient (Wildman–Crippen LogP) is 2.40. The maximum absolute atomic E-state index is 13.1. The number of rotatable bonds is 8. The van der Waals surface area contributed by atoms with E-state index in [1.165, 1.54) is 17.6 Å². The summed E-state index contributed by atoms with van der Waals surface area (Å²) in [6, 6.07) is 10.6. The van der Waals surface area contributed by atoms with E-state index in [-0.39, 0.29) is 35.1 Å². The van der Waals surface area contributed by atoms with Gasteiger partial charge in [0.25, 0.3) is 0 Å². The van der Waals surface area contributed by atoms with Crippen LogP contribution in [0.15, 0.2) is 41.2 Å². The Morgan fingerprint density at radius 3 is 2.46 bits per heavy atom. The standard InChI is InChI=1S/C30H38N6O5/c1-3-22-14-25(27(39)15-26(22)38)28-32-33-30(41)36(28)24-6-4-20(5-7-24)17-34-11-9-23(10-12-34)29(40)35-13-8-21(18-35)16-31-19(2)37/h4-7,14-15,21,23,38-39H,3,8-13,16-18H2,1-2H3,(H,31,37)(H,33,41). The molecule has 2 amide bonds. The van der Waals surface area contributed by atoms with Gasteiger partial charge in [-0.05, 0) is 74.0 Å². The summed E-state index contributed by atoms with van der Waals surface area (Å²) in [6.07, 6.45) is 3.15. The van der Waals surface area contributed by atoms with E-state index in [1.807, 2.05) is 36.1 Å². The first-order valence-corrected chi connectivity index (χ1v) is 14.3. The molecule has 0 saturated carbocycles. The molecule has 2 aliphatic rings. The van der Waals surface area contributed by atoms with Crippen molar-refractivity contribution in [3.8, 4) is 28.6 Å². The van der Waals surface area contributed by atoms with Crippen molar-refractivity contribution in [2.24, 2.45) is 11.8 Å². The molecule has 11 heteroatoms. The lowest BCUT2D eigenvalue weighted by molar-refractivity contribution is -0.136. The molecule has 0 radical (unpaired) electrons. The molecule has 218 valence electrons. The van der Waals surface area contributed by atoms with E-state index in [1.54, 1.807) is 6.07 Å². The highest BCUT2D eigenvalue weighted by molar-refractivity contribution is 5.79. The highest BCUT2D eigenvalue weighted by Gasteiger charge is 2.33. The van der Waals surface area contributed by atoms with Gasteiger partial charge in [-0.25, -0.2) is 14.5 Å². The van der Waals surface area contributed by atoms with Crippen LogP contribution in [0.5, 0.6) is 11.5 Å². The number of carbonyl (C=O) groups is 2. The number of phenolic OH excluding ortho intramolecular Hbond substituents is 2. The third-order valence-corrected chi connectivity index (χ3v) is 8.27. The smallest absolute Gasteiger partial charge is 0.348 e. The molecule has 2 fully saturated rings. The summed E-state index contributed by atoms with van der Waals surface area (Å²) >= 11 is 0. The molecule has 5 rings (SSSR count). The van der Waals surface area contributed by atoms with Gasteiger partial charge in [-0.2, -0.15) is 5.10 Å². The molecule has 11 nitrogen and oxygen atoms in total. The van der Waals surface area contributed by atoms with Crippen LogP contribution < -0.4 is 11.0 Å². The van der Waals surface area contributed by atoms with Gasteiger partial charge >= 0.3 is 5.69 Å². The van der Waals surface area contributed by atoms with E-state index >= 15 is 0 Å². The second-order valence-electron chi connectivity index (χ2n) is 11.1.